The number of hydrogen-bond donors (Lipinski definition) is 2. The fourth-order valence-corrected chi connectivity index (χ4v) is 3.20. The highest BCUT2D eigenvalue weighted by Gasteiger charge is 2.25. The first kappa shape index (κ1) is 27.2. The molecule has 0 bridgehead atoms. The number of nitrogens with zero attached hydrogens (tertiary/aromatic N) is 2. The fraction of sp³-hybridized carbons (Fsp3) is 0.895. The van der Waals surface area contributed by atoms with Gasteiger partial charge in [0, 0.05) is 45.8 Å². The van der Waals surface area contributed by atoms with Gasteiger partial charge < -0.3 is 29.7 Å². The van der Waals surface area contributed by atoms with Gasteiger partial charge >= 0.3 is 6.09 Å². The number of halogens is 1. The van der Waals surface area contributed by atoms with Gasteiger partial charge in [-0.1, -0.05) is 13.8 Å². The van der Waals surface area contributed by atoms with Crippen molar-refractivity contribution in [2.24, 2.45) is 16.8 Å². The second-order valence-corrected chi connectivity index (χ2v) is 7.29. The van der Waals surface area contributed by atoms with Crippen LogP contribution in [0.5, 0.6) is 0 Å². The Morgan fingerprint density at radius 1 is 1.32 bits per heavy atom. The highest BCUT2D eigenvalue weighted by molar-refractivity contribution is 14.0. The van der Waals surface area contributed by atoms with Gasteiger partial charge in [0.05, 0.1) is 26.4 Å². The van der Waals surface area contributed by atoms with Gasteiger partial charge in [0.15, 0.2) is 5.96 Å². The molecular weight excluding hydrogens is 475 g/mol. The number of alkyl carbamates (subject to hydrolysis) is 1. The van der Waals surface area contributed by atoms with Crippen LogP contribution >= 0.6 is 24.0 Å². The van der Waals surface area contributed by atoms with E-state index in [1.54, 1.807) is 21.1 Å². The summed E-state index contributed by atoms with van der Waals surface area (Å²) < 4.78 is 15.7. The minimum Gasteiger partial charge on any atom is -0.450 e. The Labute approximate surface area is 187 Å². The van der Waals surface area contributed by atoms with Crippen molar-refractivity contribution in [3.63, 3.8) is 0 Å². The number of amides is 1. The van der Waals surface area contributed by atoms with Gasteiger partial charge in [-0.05, 0) is 25.7 Å². The summed E-state index contributed by atoms with van der Waals surface area (Å²) in [5, 5.41) is 6.34. The van der Waals surface area contributed by atoms with E-state index in [2.05, 4.69) is 34.4 Å². The molecule has 1 fully saturated rings. The zero-order chi connectivity index (χ0) is 20.1. The topological polar surface area (TPSA) is 84.4 Å². The number of likely N-dealkylation sites (tertiary alicyclic amines) is 1. The van der Waals surface area contributed by atoms with Gasteiger partial charge in [0.25, 0.3) is 0 Å². The predicted octanol–water partition coefficient (Wildman–Crippen LogP) is 2.33. The molecule has 1 amide bonds. The monoisotopic (exact) mass is 514 g/mol. The van der Waals surface area contributed by atoms with Crippen LogP contribution in [0.4, 0.5) is 4.79 Å². The number of methoxy groups -OCH3 is 1. The summed E-state index contributed by atoms with van der Waals surface area (Å²) in [4.78, 5) is 18.4. The van der Waals surface area contributed by atoms with Crippen LogP contribution in [0, 0.1) is 11.8 Å². The van der Waals surface area contributed by atoms with E-state index in [4.69, 9.17) is 14.2 Å². The molecule has 8 nitrogen and oxygen atoms in total. The van der Waals surface area contributed by atoms with Gasteiger partial charge in [0.2, 0.25) is 0 Å². The van der Waals surface area contributed by atoms with Crippen LogP contribution in [0.2, 0.25) is 0 Å². The Morgan fingerprint density at radius 3 is 2.68 bits per heavy atom. The zero-order valence-corrected chi connectivity index (χ0v) is 20.4. The molecule has 2 N–H and O–H groups in total. The van der Waals surface area contributed by atoms with Crippen LogP contribution in [-0.4, -0.2) is 83.2 Å². The van der Waals surface area contributed by atoms with Gasteiger partial charge in [-0.25, -0.2) is 4.79 Å². The van der Waals surface area contributed by atoms with Crippen molar-refractivity contribution in [1.82, 2.24) is 15.5 Å². The molecule has 1 aliphatic rings. The van der Waals surface area contributed by atoms with Crippen molar-refractivity contribution in [3.8, 4) is 0 Å². The maximum absolute atomic E-state index is 11.8. The number of guanidine groups is 1. The number of rotatable bonds is 11. The van der Waals surface area contributed by atoms with E-state index in [1.807, 2.05) is 0 Å². The summed E-state index contributed by atoms with van der Waals surface area (Å²) in [6.45, 7) is 11.0. The van der Waals surface area contributed by atoms with Crippen LogP contribution < -0.4 is 10.6 Å². The van der Waals surface area contributed by atoms with Crippen LogP contribution in [-0.2, 0) is 14.2 Å². The van der Waals surface area contributed by atoms with E-state index in [0.29, 0.717) is 38.2 Å². The smallest absolute Gasteiger partial charge is 0.407 e. The van der Waals surface area contributed by atoms with Gasteiger partial charge in [-0.3, -0.25) is 4.99 Å². The van der Waals surface area contributed by atoms with Gasteiger partial charge in [0.1, 0.15) is 0 Å². The van der Waals surface area contributed by atoms with E-state index in [9.17, 15) is 4.79 Å². The van der Waals surface area contributed by atoms with E-state index >= 15 is 0 Å². The van der Waals surface area contributed by atoms with E-state index in [0.717, 1.165) is 38.5 Å². The predicted molar refractivity (Wildman–Crippen MR) is 123 cm³/mol. The summed E-state index contributed by atoms with van der Waals surface area (Å²) in [7, 11) is 3.47. The third-order valence-corrected chi connectivity index (χ3v) is 4.44. The molecule has 0 saturated carbocycles. The molecule has 1 aliphatic heterocycles. The Kier molecular flexibility index (Phi) is 15.6. The standard InChI is InChI=1S/C19H38N4O4.HI/c1-6-27-19(24)22-17(11-15(2)3)12-21-18(20-4)23-8-7-16(13-23)14-26-10-9-25-5;/h15-17H,6-14H2,1-5H3,(H,20,21)(H,22,24);1H. The third-order valence-electron chi connectivity index (χ3n) is 4.44. The van der Waals surface area contributed by atoms with Gasteiger partial charge in [-0.2, -0.15) is 0 Å². The number of hydrogen-bond acceptors (Lipinski definition) is 5. The molecule has 0 spiro atoms. The number of carbonyl (C=O) groups is 1. The average molecular weight is 514 g/mol. The van der Waals surface area contributed by atoms with E-state index in [1.165, 1.54) is 0 Å². The molecule has 1 rings (SSSR count). The summed E-state index contributed by atoms with van der Waals surface area (Å²) in [5.74, 6) is 1.85. The molecule has 1 heterocycles. The van der Waals surface area contributed by atoms with Crippen molar-refractivity contribution in [2.45, 2.75) is 39.7 Å². The minimum atomic E-state index is -0.366. The summed E-state index contributed by atoms with van der Waals surface area (Å²) in [6, 6.07) is -0.00317. The normalized spacial score (nSPS) is 18.0. The van der Waals surface area contributed by atoms with Gasteiger partial charge in [-0.15, -0.1) is 24.0 Å². The maximum atomic E-state index is 11.8. The molecule has 0 aromatic carbocycles. The SMILES string of the molecule is CCOC(=O)NC(CNC(=NC)N1CCC(COCCOC)C1)CC(C)C.I. The number of ether oxygens (including phenoxy) is 3. The van der Waals surface area contributed by atoms with Crippen molar-refractivity contribution in [3.05, 3.63) is 0 Å². The quantitative estimate of drug-likeness (QED) is 0.191. The van der Waals surface area contributed by atoms with Crippen molar-refractivity contribution in [2.75, 3.05) is 60.2 Å². The van der Waals surface area contributed by atoms with Crippen LogP contribution in [0.25, 0.3) is 0 Å². The van der Waals surface area contributed by atoms with Crippen LogP contribution in [0.15, 0.2) is 4.99 Å². The molecule has 9 heteroatoms. The zero-order valence-electron chi connectivity index (χ0n) is 18.0. The lowest BCUT2D eigenvalue weighted by atomic mass is 10.0. The molecule has 0 aromatic heterocycles. The minimum absolute atomic E-state index is 0. The first-order valence-corrected chi connectivity index (χ1v) is 9.95. The molecule has 1 saturated heterocycles. The van der Waals surface area contributed by atoms with Crippen molar-refractivity contribution >= 4 is 36.0 Å². The Bertz CT molecular complexity index is 452. The second-order valence-electron chi connectivity index (χ2n) is 7.29. The molecular formula is C19H39IN4O4. The summed E-state index contributed by atoms with van der Waals surface area (Å²) in [6.07, 6.45) is 1.59. The first-order valence-electron chi connectivity index (χ1n) is 9.95. The van der Waals surface area contributed by atoms with Crippen LogP contribution in [0.1, 0.15) is 33.6 Å². The number of carbonyl (C=O) groups excluding carboxylic acids is 1. The summed E-state index contributed by atoms with van der Waals surface area (Å²) >= 11 is 0. The van der Waals surface area contributed by atoms with E-state index in [-0.39, 0.29) is 36.1 Å². The average Bonchev–Trinajstić information content (AvgIpc) is 3.07. The molecule has 28 heavy (non-hydrogen) atoms. The van der Waals surface area contributed by atoms with Crippen molar-refractivity contribution in [1.29, 1.82) is 0 Å². The number of aliphatic imine (C=N–C) groups is 1. The highest BCUT2D eigenvalue weighted by atomic mass is 127. The van der Waals surface area contributed by atoms with Crippen molar-refractivity contribution < 1.29 is 19.0 Å². The maximum Gasteiger partial charge on any atom is 0.407 e. The molecule has 0 radical (unpaired) electrons. The Hall–Kier alpha value is -0.810. The third kappa shape index (κ3) is 11.3. The Balaban J connectivity index is 0.00000729. The second kappa shape index (κ2) is 16.0. The largest absolute Gasteiger partial charge is 0.450 e. The lowest BCUT2D eigenvalue weighted by molar-refractivity contribution is 0.0536. The summed E-state index contributed by atoms with van der Waals surface area (Å²) in [5.41, 5.74) is 0. The lowest BCUT2D eigenvalue weighted by Gasteiger charge is -2.25. The number of nitrogens with one attached hydrogen (secondary N) is 2. The molecule has 2 unspecified atom stereocenters. The Morgan fingerprint density at radius 2 is 2.07 bits per heavy atom. The van der Waals surface area contributed by atoms with Crippen LogP contribution in [0.3, 0.4) is 0 Å². The fourth-order valence-electron chi connectivity index (χ4n) is 3.20. The first-order chi connectivity index (χ1) is 13.0. The highest BCUT2D eigenvalue weighted by Crippen LogP contribution is 2.16. The molecule has 2 atom stereocenters. The molecule has 166 valence electrons. The molecule has 0 aromatic rings. The molecule has 0 aliphatic carbocycles. The lowest BCUT2D eigenvalue weighted by Crippen LogP contribution is -2.48. The van der Waals surface area contributed by atoms with E-state index < -0.39 is 0 Å².